The van der Waals surface area contributed by atoms with E-state index in [4.69, 9.17) is 4.74 Å². The van der Waals surface area contributed by atoms with Gasteiger partial charge in [0.2, 0.25) is 0 Å². The normalized spacial score (nSPS) is 11.7. The lowest BCUT2D eigenvalue weighted by Gasteiger charge is -2.16. The summed E-state index contributed by atoms with van der Waals surface area (Å²) in [7, 11) is 0. The molecule has 2 amide bonds. The largest absolute Gasteiger partial charge is 0.481 e. The monoisotopic (exact) mass is 392 g/mol. The minimum atomic E-state index is -0.793. The number of amides is 2. The fraction of sp³-hybridized carbons (Fsp3) is 0.227. The van der Waals surface area contributed by atoms with Gasteiger partial charge in [0.1, 0.15) is 11.6 Å². The van der Waals surface area contributed by atoms with Crippen molar-refractivity contribution in [3.63, 3.8) is 0 Å². The third kappa shape index (κ3) is 5.22. The van der Waals surface area contributed by atoms with Crippen molar-refractivity contribution in [3.8, 4) is 5.75 Å². The van der Waals surface area contributed by atoms with Crippen LogP contribution in [0.25, 0.3) is 10.8 Å². The van der Waals surface area contributed by atoms with Gasteiger partial charge < -0.3 is 10.1 Å². The highest BCUT2D eigenvalue weighted by atomic mass is 16.5. The summed E-state index contributed by atoms with van der Waals surface area (Å²) >= 11 is 0. The fourth-order valence-corrected chi connectivity index (χ4v) is 2.76. The second-order valence-corrected chi connectivity index (χ2v) is 6.91. The van der Waals surface area contributed by atoms with Crippen LogP contribution in [-0.2, 0) is 4.79 Å². The van der Waals surface area contributed by atoms with E-state index < -0.39 is 17.9 Å². The fourth-order valence-electron chi connectivity index (χ4n) is 2.76. The van der Waals surface area contributed by atoms with Gasteiger partial charge in [0.25, 0.3) is 11.8 Å². The Labute approximate surface area is 169 Å². The number of hydrazine groups is 1. The van der Waals surface area contributed by atoms with Crippen LogP contribution in [0.1, 0.15) is 31.1 Å². The molecule has 3 N–H and O–H groups in total. The van der Waals surface area contributed by atoms with Crippen molar-refractivity contribution in [2.24, 2.45) is 0 Å². The molecule has 1 unspecified atom stereocenters. The summed E-state index contributed by atoms with van der Waals surface area (Å²) in [5.74, 6) is 0.101. The van der Waals surface area contributed by atoms with Crippen LogP contribution in [0.15, 0.2) is 60.8 Å². The Balaban J connectivity index is 1.59. The van der Waals surface area contributed by atoms with Crippen LogP contribution >= 0.6 is 0 Å². The number of nitrogens with zero attached hydrogens (tertiary/aromatic N) is 1. The number of ether oxygens (including phenoxy) is 1. The second-order valence-electron chi connectivity index (χ2n) is 6.91. The van der Waals surface area contributed by atoms with Gasteiger partial charge >= 0.3 is 0 Å². The van der Waals surface area contributed by atoms with Crippen LogP contribution in [0.5, 0.6) is 5.75 Å². The predicted octanol–water partition coefficient (Wildman–Crippen LogP) is 3.28. The lowest BCUT2D eigenvalue weighted by molar-refractivity contribution is -0.128. The molecule has 0 spiro atoms. The van der Waals surface area contributed by atoms with Gasteiger partial charge in [0.15, 0.2) is 6.10 Å². The molecule has 0 aliphatic rings. The van der Waals surface area contributed by atoms with Crippen LogP contribution in [-0.4, -0.2) is 28.9 Å². The molecule has 1 atom stereocenters. The number of pyridine rings is 1. The molecule has 1 aromatic heterocycles. The van der Waals surface area contributed by atoms with Gasteiger partial charge in [-0.05, 0) is 55.8 Å². The summed E-state index contributed by atoms with van der Waals surface area (Å²) in [5, 5.41) is 5.21. The molecule has 150 valence electrons. The molecule has 0 aliphatic carbocycles. The van der Waals surface area contributed by atoms with Crippen molar-refractivity contribution in [1.29, 1.82) is 0 Å². The highest BCUT2D eigenvalue weighted by Gasteiger charge is 2.18. The van der Waals surface area contributed by atoms with Gasteiger partial charge in [0, 0.05) is 12.2 Å². The van der Waals surface area contributed by atoms with Gasteiger partial charge in [-0.15, -0.1) is 0 Å². The Morgan fingerprint density at radius 2 is 1.69 bits per heavy atom. The highest BCUT2D eigenvalue weighted by molar-refractivity contribution is 5.99. The quantitative estimate of drug-likeness (QED) is 0.560. The number of aromatic nitrogens is 1. The molecule has 7 nitrogen and oxygen atoms in total. The minimum absolute atomic E-state index is 0.112. The zero-order valence-corrected chi connectivity index (χ0v) is 16.6. The second kappa shape index (κ2) is 9.05. The van der Waals surface area contributed by atoms with E-state index >= 15 is 0 Å². The maximum absolute atomic E-state index is 12.4. The van der Waals surface area contributed by atoms with Crippen LogP contribution < -0.4 is 20.9 Å². The van der Waals surface area contributed by atoms with Crippen LogP contribution in [0.4, 0.5) is 5.82 Å². The molecule has 0 bridgehead atoms. The van der Waals surface area contributed by atoms with Gasteiger partial charge in [-0.1, -0.05) is 30.3 Å². The zero-order chi connectivity index (χ0) is 20.8. The standard InChI is InChI=1S/C22H24N4O3/c1-14(2)24-20-19(9-6-12-23-20)22(28)26-25-21(27)15(3)29-18-11-10-16-7-4-5-8-17(16)13-18/h4-15H,1-3H3,(H,23,24)(H,25,27)(H,26,28). The number of carbonyl (C=O) groups excluding carboxylic acids is 2. The molecule has 29 heavy (non-hydrogen) atoms. The summed E-state index contributed by atoms with van der Waals surface area (Å²) in [4.78, 5) is 28.9. The molecule has 0 radical (unpaired) electrons. The number of nitrogens with one attached hydrogen (secondary N) is 3. The number of hydrogen-bond donors (Lipinski definition) is 3. The summed E-state index contributed by atoms with van der Waals surface area (Å²) in [6.07, 6.45) is 0.804. The SMILES string of the molecule is CC(C)Nc1ncccc1C(=O)NNC(=O)C(C)Oc1ccc2ccccc2c1. The average Bonchev–Trinajstić information content (AvgIpc) is 2.71. The van der Waals surface area contributed by atoms with E-state index in [0.29, 0.717) is 17.1 Å². The average molecular weight is 392 g/mol. The van der Waals surface area contributed by atoms with Crippen molar-refractivity contribution >= 4 is 28.4 Å². The van der Waals surface area contributed by atoms with Gasteiger partial charge in [-0.25, -0.2) is 4.98 Å². The third-order valence-corrected chi connectivity index (χ3v) is 4.18. The minimum Gasteiger partial charge on any atom is -0.481 e. The summed E-state index contributed by atoms with van der Waals surface area (Å²) in [6, 6.07) is 16.9. The Morgan fingerprint density at radius 1 is 0.931 bits per heavy atom. The number of anilines is 1. The lowest BCUT2D eigenvalue weighted by atomic mass is 10.1. The first-order valence-corrected chi connectivity index (χ1v) is 9.41. The van der Waals surface area contributed by atoms with Gasteiger partial charge in [0.05, 0.1) is 5.56 Å². The smallest absolute Gasteiger partial charge is 0.279 e. The maximum Gasteiger partial charge on any atom is 0.279 e. The van der Waals surface area contributed by atoms with Crippen molar-refractivity contribution in [2.75, 3.05) is 5.32 Å². The number of rotatable bonds is 6. The van der Waals surface area contributed by atoms with Crippen molar-refractivity contribution < 1.29 is 14.3 Å². The first kappa shape index (κ1) is 20.1. The first-order chi connectivity index (χ1) is 13.9. The van der Waals surface area contributed by atoms with E-state index in [9.17, 15) is 9.59 Å². The Kier molecular flexibility index (Phi) is 6.29. The first-order valence-electron chi connectivity index (χ1n) is 9.41. The van der Waals surface area contributed by atoms with Crippen molar-refractivity contribution in [1.82, 2.24) is 15.8 Å². The predicted molar refractivity (Wildman–Crippen MR) is 113 cm³/mol. The maximum atomic E-state index is 12.4. The lowest BCUT2D eigenvalue weighted by Crippen LogP contribution is -2.47. The van der Waals surface area contributed by atoms with E-state index in [1.807, 2.05) is 56.3 Å². The molecule has 3 aromatic rings. The molecular formula is C22H24N4O3. The van der Waals surface area contributed by atoms with E-state index in [0.717, 1.165) is 10.8 Å². The molecule has 0 saturated heterocycles. The molecule has 0 saturated carbocycles. The van der Waals surface area contributed by atoms with Crippen molar-refractivity contribution in [2.45, 2.75) is 32.9 Å². The van der Waals surface area contributed by atoms with E-state index in [1.54, 1.807) is 25.3 Å². The van der Waals surface area contributed by atoms with Crippen LogP contribution in [0, 0.1) is 0 Å². The van der Waals surface area contributed by atoms with E-state index in [2.05, 4.69) is 21.2 Å². The number of carbonyl (C=O) groups is 2. The van der Waals surface area contributed by atoms with Crippen molar-refractivity contribution in [3.05, 3.63) is 66.4 Å². The Hall–Kier alpha value is -3.61. The molecule has 0 aliphatic heterocycles. The molecule has 3 rings (SSSR count). The van der Waals surface area contributed by atoms with Crippen LogP contribution in [0.3, 0.4) is 0 Å². The van der Waals surface area contributed by atoms with Gasteiger partial charge in [-0.2, -0.15) is 0 Å². The highest BCUT2D eigenvalue weighted by Crippen LogP contribution is 2.21. The zero-order valence-electron chi connectivity index (χ0n) is 16.6. The number of fused-ring (bicyclic) bond motifs is 1. The molecule has 1 heterocycles. The summed E-state index contributed by atoms with van der Waals surface area (Å²) < 4.78 is 5.71. The topological polar surface area (TPSA) is 92.4 Å². The summed E-state index contributed by atoms with van der Waals surface area (Å²) in [5.41, 5.74) is 5.15. The molecule has 0 fully saturated rings. The molecular weight excluding hydrogens is 368 g/mol. The number of hydrogen-bond acceptors (Lipinski definition) is 5. The Bertz CT molecular complexity index is 1020. The third-order valence-electron chi connectivity index (χ3n) is 4.18. The number of benzene rings is 2. The molecule has 2 aromatic carbocycles. The Morgan fingerprint density at radius 3 is 2.45 bits per heavy atom. The van der Waals surface area contributed by atoms with Crippen LogP contribution in [0.2, 0.25) is 0 Å². The van der Waals surface area contributed by atoms with E-state index in [-0.39, 0.29) is 6.04 Å². The van der Waals surface area contributed by atoms with Gasteiger partial charge in [-0.3, -0.25) is 20.4 Å². The molecule has 7 heteroatoms. The summed E-state index contributed by atoms with van der Waals surface area (Å²) in [6.45, 7) is 5.51. The van der Waals surface area contributed by atoms with E-state index in [1.165, 1.54) is 0 Å².